The van der Waals surface area contributed by atoms with Crippen LogP contribution in [0.25, 0.3) is 0 Å². The van der Waals surface area contributed by atoms with Crippen molar-refractivity contribution in [1.82, 2.24) is 4.90 Å². The van der Waals surface area contributed by atoms with E-state index in [4.69, 9.17) is 0 Å². The van der Waals surface area contributed by atoms with Crippen LogP contribution < -0.4 is 0 Å². The molecule has 1 fully saturated rings. The molecule has 0 unspecified atom stereocenters. The summed E-state index contributed by atoms with van der Waals surface area (Å²) in [6, 6.07) is 10.1. The maximum absolute atomic E-state index is 12.3. The van der Waals surface area contributed by atoms with Gasteiger partial charge in [-0.1, -0.05) is 25.1 Å². The molecule has 1 atom stereocenters. The number of carbonyl (C=O) groups excluding carboxylic acids is 1. The normalized spacial score (nSPS) is 20.8. The highest BCUT2D eigenvalue weighted by molar-refractivity contribution is 5.94. The van der Waals surface area contributed by atoms with Crippen LogP contribution in [0.5, 0.6) is 0 Å². The Kier molecular flexibility index (Phi) is 3.60. The van der Waals surface area contributed by atoms with Gasteiger partial charge in [-0.15, -0.1) is 0 Å². The Morgan fingerprint density at radius 1 is 1.31 bits per heavy atom. The van der Waals surface area contributed by atoms with E-state index in [1.165, 1.54) is 6.42 Å². The van der Waals surface area contributed by atoms with E-state index in [1.54, 1.807) is 0 Å². The van der Waals surface area contributed by atoms with E-state index in [0.29, 0.717) is 6.04 Å². The second-order valence-electron chi connectivity index (χ2n) is 4.42. The zero-order valence-electron chi connectivity index (χ0n) is 9.86. The zero-order valence-corrected chi connectivity index (χ0v) is 9.86. The van der Waals surface area contributed by atoms with Gasteiger partial charge in [0.15, 0.2) is 0 Å². The maximum Gasteiger partial charge on any atom is 0.254 e. The average molecular weight is 217 g/mol. The Labute approximate surface area is 97.3 Å². The third-order valence-corrected chi connectivity index (χ3v) is 3.38. The number of hydrogen-bond donors (Lipinski definition) is 0. The number of benzene rings is 1. The molecule has 2 rings (SSSR count). The van der Waals surface area contributed by atoms with Crippen LogP contribution in [-0.2, 0) is 0 Å². The first-order chi connectivity index (χ1) is 7.83. The fraction of sp³-hybridized carbons (Fsp3) is 0.500. The first-order valence-electron chi connectivity index (χ1n) is 6.19. The predicted molar refractivity (Wildman–Crippen MR) is 65.4 cm³/mol. The summed E-state index contributed by atoms with van der Waals surface area (Å²) in [6.45, 7) is 3.09. The molecule has 0 saturated carbocycles. The van der Waals surface area contributed by atoms with Gasteiger partial charge in [-0.25, -0.2) is 0 Å². The van der Waals surface area contributed by atoms with Crippen LogP contribution in [0.15, 0.2) is 30.3 Å². The molecule has 86 valence electrons. The smallest absolute Gasteiger partial charge is 0.254 e. The summed E-state index contributed by atoms with van der Waals surface area (Å²) in [4.78, 5) is 14.3. The van der Waals surface area contributed by atoms with Gasteiger partial charge in [0.05, 0.1) is 0 Å². The van der Waals surface area contributed by atoms with Gasteiger partial charge in [-0.3, -0.25) is 4.79 Å². The molecule has 0 N–H and O–H groups in total. The van der Waals surface area contributed by atoms with Crippen molar-refractivity contribution in [2.45, 2.75) is 38.6 Å². The third kappa shape index (κ3) is 2.26. The first-order valence-corrected chi connectivity index (χ1v) is 6.19. The van der Waals surface area contributed by atoms with Crippen molar-refractivity contribution in [3.8, 4) is 0 Å². The van der Waals surface area contributed by atoms with Crippen molar-refractivity contribution < 1.29 is 4.79 Å². The molecule has 1 heterocycles. The number of amides is 1. The van der Waals surface area contributed by atoms with E-state index in [2.05, 4.69) is 11.8 Å². The Morgan fingerprint density at radius 2 is 2.06 bits per heavy atom. The highest BCUT2D eigenvalue weighted by Crippen LogP contribution is 2.21. The van der Waals surface area contributed by atoms with Crippen LogP contribution in [0, 0.1) is 0 Å². The number of hydrogen-bond acceptors (Lipinski definition) is 1. The van der Waals surface area contributed by atoms with Crippen LogP contribution in [0.2, 0.25) is 0 Å². The van der Waals surface area contributed by atoms with Crippen LogP contribution >= 0.6 is 0 Å². The Morgan fingerprint density at radius 3 is 2.75 bits per heavy atom. The number of carbonyl (C=O) groups is 1. The van der Waals surface area contributed by atoms with Gasteiger partial charge >= 0.3 is 0 Å². The topological polar surface area (TPSA) is 20.3 Å². The molecule has 16 heavy (non-hydrogen) atoms. The van der Waals surface area contributed by atoms with Crippen LogP contribution in [0.3, 0.4) is 0 Å². The molecular weight excluding hydrogens is 198 g/mol. The molecular formula is C14H19NO. The van der Waals surface area contributed by atoms with Gasteiger partial charge in [-0.05, 0) is 37.8 Å². The molecule has 0 radical (unpaired) electrons. The van der Waals surface area contributed by atoms with Gasteiger partial charge in [0.25, 0.3) is 5.91 Å². The fourth-order valence-electron chi connectivity index (χ4n) is 2.44. The lowest BCUT2D eigenvalue weighted by atomic mass is 9.99. The number of likely N-dealkylation sites (tertiary alicyclic amines) is 1. The minimum absolute atomic E-state index is 0.201. The average Bonchev–Trinajstić information content (AvgIpc) is 2.39. The van der Waals surface area contributed by atoms with Crippen molar-refractivity contribution in [2.75, 3.05) is 6.54 Å². The molecule has 1 amide bonds. The van der Waals surface area contributed by atoms with Gasteiger partial charge < -0.3 is 4.90 Å². The summed E-state index contributed by atoms with van der Waals surface area (Å²) in [5, 5.41) is 0. The lowest BCUT2D eigenvalue weighted by Gasteiger charge is -2.35. The largest absolute Gasteiger partial charge is 0.336 e. The zero-order chi connectivity index (χ0) is 11.4. The molecule has 1 saturated heterocycles. The summed E-state index contributed by atoms with van der Waals surface area (Å²) >= 11 is 0. The minimum Gasteiger partial charge on any atom is -0.336 e. The van der Waals surface area contributed by atoms with E-state index in [1.807, 2.05) is 30.3 Å². The third-order valence-electron chi connectivity index (χ3n) is 3.38. The van der Waals surface area contributed by atoms with E-state index in [-0.39, 0.29) is 5.91 Å². The summed E-state index contributed by atoms with van der Waals surface area (Å²) < 4.78 is 0. The Balaban J connectivity index is 2.14. The first kappa shape index (κ1) is 11.2. The summed E-state index contributed by atoms with van der Waals surface area (Å²) in [5.74, 6) is 0.201. The number of rotatable bonds is 2. The van der Waals surface area contributed by atoms with E-state index in [0.717, 1.165) is 31.4 Å². The molecule has 1 aliphatic heterocycles. The van der Waals surface area contributed by atoms with Crippen molar-refractivity contribution >= 4 is 5.91 Å². The summed E-state index contributed by atoms with van der Waals surface area (Å²) in [7, 11) is 0. The maximum atomic E-state index is 12.3. The second-order valence-corrected chi connectivity index (χ2v) is 4.42. The molecule has 0 aromatic heterocycles. The van der Waals surface area contributed by atoms with Crippen molar-refractivity contribution in [2.24, 2.45) is 0 Å². The Hall–Kier alpha value is -1.31. The monoisotopic (exact) mass is 217 g/mol. The minimum atomic E-state index is 0.201. The lowest BCUT2D eigenvalue weighted by Crippen LogP contribution is -2.43. The van der Waals surface area contributed by atoms with Crippen molar-refractivity contribution in [3.05, 3.63) is 35.9 Å². The molecule has 0 aliphatic carbocycles. The number of nitrogens with zero attached hydrogens (tertiary/aromatic N) is 1. The number of piperidine rings is 1. The SMILES string of the molecule is CC[C@H]1CCCCN1C(=O)c1ccccc1. The highest BCUT2D eigenvalue weighted by Gasteiger charge is 2.25. The second kappa shape index (κ2) is 5.15. The lowest BCUT2D eigenvalue weighted by molar-refractivity contribution is 0.0608. The quantitative estimate of drug-likeness (QED) is 0.745. The Bertz CT molecular complexity index is 347. The molecule has 2 heteroatoms. The van der Waals surface area contributed by atoms with E-state index >= 15 is 0 Å². The molecule has 0 bridgehead atoms. The molecule has 1 aliphatic rings. The molecule has 2 nitrogen and oxygen atoms in total. The van der Waals surface area contributed by atoms with Gasteiger partial charge in [-0.2, -0.15) is 0 Å². The van der Waals surface area contributed by atoms with Gasteiger partial charge in [0, 0.05) is 18.2 Å². The van der Waals surface area contributed by atoms with Crippen molar-refractivity contribution in [3.63, 3.8) is 0 Å². The van der Waals surface area contributed by atoms with Crippen molar-refractivity contribution in [1.29, 1.82) is 0 Å². The van der Waals surface area contributed by atoms with Crippen LogP contribution in [0.1, 0.15) is 43.0 Å². The fourth-order valence-corrected chi connectivity index (χ4v) is 2.44. The van der Waals surface area contributed by atoms with E-state index in [9.17, 15) is 4.79 Å². The highest BCUT2D eigenvalue weighted by atomic mass is 16.2. The molecule has 0 spiro atoms. The van der Waals surface area contributed by atoms with Gasteiger partial charge in [0.1, 0.15) is 0 Å². The predicted octanol–water partition coefficient (Wildman–Crippen LogP) is 3.09. The molecule has 1 aromatic carbocycles. The van der Waals surface area contributed by atoms with E-state index < -0.39 is 0 Å². The standard InChI is InChI=1S/C14H19NO/c1-2-13-10-6-7-11-15(13)14(16)12-8-4-3-5-9-12/h3-5,8-9,13H,2,6-7,10-11H2,1H3/t13-/m0/s1. The summed E-state index contributed by atoms with van der Waals surface area (Å²) in [5.41, 5.74) is 0.822. The van der Waals surface area contributed by atoms with Crippen LogP contribution in [-0.4, -0.2) is 23.4 Å². The molecule has 1 aromatic rings. The summed E-state index contributed by atoms with van der Waals surface area (Å²) in [6.07, 6.45) is 4.64. The van der Waals surface area contributed by atoms with Gasteiger partial charge in [0.2, 0.25) is 0 Å². The van der Waals surface area contributed by atoms with Crippen LogP contribution in [0.4, 0.5) is 0 Å².